The summed E-state index contributed by atoms with van der Waals surface area (Å²) in [6.45, 7) is 1.37. The van der Waals surface area contributed by atoms with Crippen LogP contribution in [0.15, 0.2) is 12.1 Å². The second kappa shape index (κ2) is 3.80. The van der Waals surface area contributed by atoms with E-state index >= 15 is 0 Å². The molecule has 1 atom stereocenters. The lowest BCUT2D eigenvalue weighted by Crippen LogP contribution is -2.35. The Balaban J connectivity index is 2.60. The summed E-state index contributed by atoms with van der Waals surface area (Å²) in [5.41, 5.74) is -1.06. The van der Waals surface area contributed by atoms with Gasteiger partial charge in [0.25, 0.3) is 5.91 Å². The van der Waals surface area contributed by atoms with Gasteiger partial charge >= 0.3 is 6.18 Å². The Morgan fingerprint density at radius 3 is 2.65 bits per heavy atom. The molecule has 1 heterocycles. The third-order valence-electron chi connectivity index (χ3n) is 2.28. The number of hydrogen-bond acceptors (Lipinski definition) is 2. The third kappa shape index (κ3) is 2.17. The average Bonchev–Trinajstić information content (AvgIpc) is 2.18. The predicted molar refractivity (Wildman–Crippen MR) is 55.2 cm³/mol. The van der Waals surface area contributed by atoms with Crippen molar-refractivity contribution < 1.29 is 22.7 Å². The van der Waals surface area contributed by atoms with E-state index in [1.165, 1.54) is 13.0 Å². The van der Waals surface area contributed by atoms with Gasteiger partial charge in [-0.3, -0.25) is 4.79 Å². The molecule has 1 unspecified atom stereocenters. The second-order valence-electron chi connectivity index (χ2n) is 3.58. The van der Waals surface area contributed by atoms with E-state index in [-0.39, 0.29) is 10.7 Å². The Morgan fingerprint density at radius 1 is 1.41 bits per heavy atom. The summed E-state index contributed by atoms with van der Waals surface area (Å²) < 4.78 is 43.2. The summed E-state index contributed by atoms with van der Waals surface area (Å²) in [5, 5.41) is 2.20. The smallest absolute Gasteiger partial charge is 0.420 e. The van der Waals surface area contributed by atoms with E-state index in [9.17, 15) is 18.0 Å². The van der Waals surface area contributed by atoms with Crippen molar-refractivity contribution in [3.63, 3.8) is 0 Å². The number of halogens is 4. The van der Waals surface area contributed by atoms with Gasteiger partial charge < -0.3 is 10.1 Å². The lowest BCUT2D eigenvalue weighted by Gasteiger charge is -2.26. The number of fused-ring (bicyclic) bond motifs is 1. The van der Waals surface area contributed by atoms with Gasteiger partial charge in [-0.1, -0.05) is 11.6 Å². The van der Waals surface area contributed by atoms with Gasteiger partial charge in [-0.25, -0.2) is 0 Å². The quantitative estimate of drug-likeness (QED) is 0.783. The summed E-state index contributed by atoms with van der Waals surface area (Å²) in [6, 6.07) is 1.99. The summed E-state index contributed by atoms with van der Waals surface area (Å²) in [7, 11) is 0. The zero-order valence-corrected chi connectivity index (χ0v) is 9.32. The van der Waals surface area contributed by atoms with Crippen LogP contribution in [0, 0.1) is 0 Å². The highest BCUT2D eigenvalue weighted by Crippen LogP contribution is 2.44. The fraction of sp³-hybridized carbons (Fsp3) is 0.300. The molecule has 1 aliphatic rings. The van der Waals surface area contributed by atoms with Gasteiger partial charge in [-0.2, -0.15) is 13.2 Å². The van der Waals surface area contributed by atoms with E-state index in [4.69, 9.17) is 16.3 Å². The van der Waals surface area contributed by atoms with Crippen molar-refractivity contribution in [1.82, 2.24) is 0 Å². The Kier molecular flexibility index (Phi) is 2.69. The van der Waals surface area contributed by atoms with Crippen molar-refractivity contribution >= 4 is 23.2 Å². The molecule has 0 spiro atoms. The Labute approximate surface area is 99.5 Å². The number of hydrogen-bond donors (Lipinski definition) is 1. The molecule has 1 aromatic rings. The number of carbonyl (C=O) groups excluding carboxylic acids is 1. The first kappa shape index (κ1) is 12.0. The van der Waals surface area contributed by atoms with Crippen LogP contribution in [0.2, 0.25) is 5.02 Å². The van der Waals surface area contributed by atoms with Crippen LogP contribution in [0.1, 0.15) is 12.5 Å². The van der Waals surface area contributed by atoms with Gasteiger partial charge in [-0.15, -0.1) is 0 Å². The summed E-state index contributed by atoms with van der Waals surface area (Å²) in [5.74, 6) is -0.901. The Hall–Kier alpha value is -1.43. The molecule has 0 bridgehead atoms. The largest absolute Gasteiger partial charge is 0.478 e. The molecule has 1 amide bonds. The number of carbonyl (C=O) groups is 1. The van der Waals surface area contributed by atoms with Gasteiger partial charge in [0.05, 0.1) is 5.69 Å². The number of amides is 1. The fourth-order valence-electron chi connectivity index (χ4n) is 1.49. The molecule has 0 fully saturated rings. The standard InChI is InChI=1S/C10H7ClF3NO2/c1-4-9(16)15-7-3-5(11)2-6(8(7)17-4)10(12,13)14/h2-4H,1H3,(H,15,16). The van der Waals surface area contributed by atoms with E-state index < -0.39 is 29.5 Å². The molecule has 92 valence electrons. The van der Waals surface area contributed by atoms with Crippen LogP contribution in [-0.2, 0) is 11.0 Å². The normalized spacial score (nSPS) is 19.4. The van der Waals surface area contributed by atoms with Crippen molar-refractivity contribution in [2.24, 2.45) is 0 Å². The maximum atomic E-state index is 12.7. The molecule has 0 aromatic heterocycles. The maximum Gasteiger partial charge on any atom is 0.420 e. The molecule has 1 N–H and O–H groups in total. The average molecular weight is 266 g/mol. The van der Waals surface area contributed by atoms with Gasteiger partial charge in [0, 0.05) is 5.02 Å². The molecule has 1 aromatic carbocycles. The highest BCUT2D eigenvalue weighted by molar-refractivity contribution is 6.31. The molecule has 0 saturated carbocycles. The minimum atomic E-state index is -4.59. The molecule has 0 saturated heterocycles. The number of ether oxygens (including phenoxy) is 1. The molecule has 2 rings (SSSR count). The number of rotatable bonds is 0. The molecule has 0 aliphatic carbocycles. The van der Waals surface area contributed by atoms with Crippen LogP contribution in [0.3, 0.4) is 0 Å². The van der Waals surface area contributed by atoms with Crippen LogP contribution in [-0.4, -0.2) is 12.0 Å². The van der Waals surface area contributed by atoms with E-state index in [2.05, 4.69) is 5.32 Å². The number of nitrogens with one attached hydrogen (secondary N) is 1. The number of anilines is 1. The van der Waals surface area contributed by atoms with Gasteiger partial charge in [-0.05, 0) is 19.1 Å². The van der Waals surface area contributed by atoms with E-state index in [0.717, 1.165) is 6.07 Å². The first-order chi connectivity index (χ1) is 7.79. The van der Waals surface area contributed by atoms with Crippen molar-refractivity contribution in [1.29, 1.82) is 0 Å². The first-order valence-corrected chi connectivity index (χ1v) is 5.05. The van der Waals surface area contributed by atoms with Crippen LogP contribution in [0.25, 0.3) is 0 Å². The van der Waals surface area contributed by atoms with Crippen molar-refractivity contribution in [2.45, 2.75) is 19.2 Å². The lowest BCUT2D eigenvalue weighted by molar-refractivity contribution is -0.140. The fourth-order valence-corrected chi connectivity index (χ4v) is 1.71. The van der Waals surface area contributed by atoms with Crippen LogP contribution >= 0.6 is 11.6 Å². The summed E-state index contributed by atoms with van der Waals surface area (Å²) in [6.07, 6.45) is -5.55. The highest BCUT2D eigenvalue weighted by atomic mass is 35.5. The van der Waals surface area contributed by atoms with Crippen LogP contribution in [0.5, 0.6) is 5.75 Å². The van der Waals surface area contributed by atoms with Gasteiger partial charge in [0.1, 0.15) is 5.56 Å². The zero-order chi connectivity index (χ0) is 12.8. The molecule has 17 heavy (non-hydrogen) atoms. The van der Waals surface area contributed by atoms with Crippen molar-refractivity contribution in [3.05, 3.63) is 22.7 Å². The summed E-state index contributed by atoms with van der Waals surface area (Å²) in [4.78, 5) is 11.3. The predicted octanol–water partition coefficient (Wildman–Crippen LogP) is 3.08. The van der Waals surface area contributed by atoms with E-state index in [1.807, 2.05) is 0 Å². The maximum absolute atomic E-state index is 12.7. The number of benzene rings is 1. The minimum absolute atomic E-state index is 0.0621. The minimum Gasteiger partial charge on any atom is -0.478 e. The van der Waals surface area contributed by atoms with E-state index in [0.29, 0.717) is 0 Å². The zero-order valence-electron chi connectivity index (χ0n) is 8.56. The van der Waals surface area contributed by atoms with Crippen LogP contribution in [0.4, 0.5) is 18.9 Å². The molecule has 1 aliphatic heterocycles. The molecule has 3 nitrogen and oxygen atoms in total. The van der Waals surface area contributed by atoms with Crippen molar-refractivity contribution in [3.8, 4) is 5.75 Å². The lowest BCUT2D eigenvalue weighted by atomic mass is 10.1. The molecular formula is C10H7ClF3NO2. The SMILES string of the molecule is CC1Oc2c(cc(Cl)cc2C(F)(F)F)NC1=O. The Morgan fingerprint density at radius 2 is 2.06 bits per heavy atom. The topological polar surface area (TPSA) is 38.3 Å². The summed E-state index contributed by atoms with van der Waals surface area (Å²) >= 11 is 5.57. The third-order valence-corrected chi connectivity index (χ3v) is 2.50. The molecular weight excluding hydrogens is 259 g/mol. The van der Waals surface area contributed by atoms with Crippen molar-refractivity contribution in [2.75, 3.05) is 5.32 Å². The Bertz CT molecular complexity index is 487. The van der Waals surface area contributed by atoms with Gasteiger partial charge in [0.2, 0.25) is 0 Å². The number of alkyl halides is 3. The first-order valence-electron chi connectivity index (χ1n) is 4.67. The molecule has 7 heteroatoms. The highest BCUT2D eigenvalue weighted by Gasteiger charge is 2.39. The van der Waals surface area contributed by atoms with Gasteiger partial charge in [0.15, 0.2) is 11.9 Å². The van der Waals surface area contributed by atoms with E-state index in [1.54, 1.807) is 0 Å². The monoisotopic (exact) mass is 265 g/mol. The molecule has 0 radical (unpaired) electrons. The second-order valence-corrected chi connectivity index (χ2v) is 4.01. The van der Waals surface area contributed by atoms with Crippen LogP contribution < -0.4 is 10.1 Å².